The Morgan fingerprint density at radius 3 is 2.84 bits per heavy atom. The van der Waals surface area contributed by atoms with Crippen LogP contribution in [-0.2, 0) is 17.8 Å². The Balaban J connectivity index is 1.67. The molecule has 3 aromatic rings. The number of carbonyl (C=O) groups excluding carboxylic acids is 1. The fourth-order valence-electron chi connectivity index (χ4n) is 3.54. The molecule has 3 aromatic heterocycles. The first-order valence-corrected chi connectivity index (χ1v) is 10.5. The van der Waals surface area contributed by atoms with Crippen LogP contribution in [0, 0.1) is 0 Å². The molecular weight excluding hydrogens is 414 g/mol. The molecular formula is C22H25N5O5. The maximum Gasteiger partial charge on any atom is 0.329 e. The number of aromatic nitrogens is 4. The number of fused-ring (bicyclic) bond motifs is 1. The summed E-state index contributed by atoms with van der Waals surface area (Å²) in [6, 6.07) is 5.22. The molecule has 0 bridgehead atoms. The summed E-state index contributed by atoms with van der Waals surface area (Å²) < 4.78 is 12.0. The van der Waals surface area contributed by atoms with Crippen LogP contribution in [0.15, 0.2) is 34.0 Å². The highest BCUT2D eigenvalue weighted by molar-refractivity contribution is 6.05. The van der Waals surface area contributed by atoms with E-state index in [1.54, 1.807) is 38.4 Å². The zero-order valence-electron chi connectivity index (χ0n) is 18.0. The quantitative estimate of drug-likeness (QED) is 0.481. The number of carbonyl (C=O) groups is 1. The lowest BCUT2D eigenvalue weighted by Crippen LogP contribution is -2.33. The molecule has 10 nitrogen and oxygen atoms in total. The Hall–Kier alpha value is -3.53. The summed E-state index contributed by atoms with van der Waals surface area (Å²) in [5, 5.41) is 2.95. The molecule has 168 valence electrons. The summed E-state index contributed by atoms with van der Waals surface area (Å²) >= 11 is 0. The van der Waals surface area contributed by atoms with Gasteiger partial charge in [0.25, 0.3) is 11.5 Å². The Bertz CT molecular complexity index is 1260. The summed E-state index contributed by atoms with van der Waals surface area (Å²) in [5.41, 5.74) is 0.688. The van der Waals surface area contributed by atoms with E-state index < -0.39 is 17.2 Å². The van der Waals surface area contributed by atoms with Crippen LogP contribution in [0.3, 0.4) is 0 Å². The van der Waals surface area contributed by atoms with E-state index in [0.717, 1.165) is 18.5 Å². The van der Waals surface area contributed by atoms with Gasteiger partial charge in [0.2, 0.25) is 5.88 Å². The van der Waals surface area contributed by atoms with E-state index >= 15 is 0 Å². The summed E-state index contributed by atoms with van der Waals surface area (Å²) in [6.07, 6.45) is 3.54. The predicted molar refractivity (Wildman–Crippen MR) is 117 cm³/mol. The van der Waals surface area contributed by atoms with Crippen LogP contribution >= 0.6 is 0 Å². The van der Waals surface area contributed by atoms with E-state index in [9.17, 15) is 14.4 Å². The molecule has 0 aromatic carbocycles. The molecule has 0 radical (unpaired) electrons. The lowest BCUT2D eigenvalue weighted by Gasteiger charge is -2.13. The Kier molecular flexibility index (Phi) is 6.31. The van der Waals surface area contributed by atoms with Crippen LogP contribution in [0.5, 0.6) is 5.88 Å². The zero-order chi connectivity index (χ0) is 22.7. The van der Waals surface area contributed by atoms with Gasteiger partial charge in [-0.3, -0.25) is 19.1 Å². The van der Waals surface area contributed by atoms with Gasteiger partial charge < -0.3 is 14.8 Å². The minimum absolute atomic E-state index is 0.108. The van der Waals surface area contributed by atoms with Crippen LogP contribution < -0.4 is 21.3 Å². The Morgan fingerprint density at radius 1 is 1.31 bits per heavy atom. The SMILES string of the molecule is CCn1c(=O)[nH]c(=O)c2c(C(=O)NCc3cccnc3OCCOC)cc(C3CC3)nc21. The van der Waals surface area contributed by atoms with Crippen molar-refractivity contribution in [1.29, 1.82) is 0 Å². The van der Waals surface area contributed by atoms with Crippen molar-refractivity contribution < 1.29 is 14.3 Å². The highest BCUT2D eigenvalue weighted by Crippen LogP contribution is 2.39. The Labute approximate surface area is 183 Å². The van der Waals surface area contributed by atoms with Gasteiger partial charge in [0, 0.05) is 43.6 Å². The van der Waals surface area contributed by atoms with Crippen molar-refractivity contribution >= 4 is 16.9 Å². The molecule has 2 N–H and O–H groups in total. The van der Waals surface area contributed by atoms with Gasteiger partial charge in [0.1, 0.15) is 6.61 Å². The number of amides is 1. The van der Waals surface area contributed by atoms with E-state index in [2.05, 4.69) is 20.3 Å². The van der Waals surface area contributed by atoms with Crippen molar-refractivity contribution in [1.82, 2.24) is 24.8 Å². The van der Waals surface area contributed by atoms with Crippen LogP contribution in [0.1, 0.15) is 47.3 Å². The molecule has 4 rings (SSSR count). The molecule has 32 heavy (non-hydrogen) atoms. The van der Waals surface area contributed by atoms with Crippen molar-refractivity contribution in [2.45, 2.75) is 38.8 Å². The van der Waals surface area contributed by atoms with Crippen molar-refractivity contribution in [3.8, 4) is 5.88 Å². The first-order valence-electron chi connectivity index (χ1n) is 10.5. The van der Waals surface area contributed by atoms with E-state index in [1.807, 2.05) is 0 Å². The standard InChI is InChI=1S/C22H25N5O5/c1-3-27-18-17(20(29)26-22(27)30)15(11-16(25-18)13-6-7-13)19(28)24-12-14-5-4-8-23-21(14)32-10-9-31-2/h4-5,8,11,13H,3,6-7,9-10,12H2,1-2H3,(H,24,28)(H,26,29,30). The number of rotatable bonds is 9. The first kappa shape index (κ1) is 21.7. The Morgan fingerprint density at radius 2 is 2.12 bits per heavy atom. The third kappa shape index (κ3) is 4.40. The second-order valence-electron chi connectivity index (χ2n) is 7.56. The van der Waals surface area contributed by atoms with Gasteiger partial charge in [-0.1, -0.05) is 6.07 Å². The predicted octanol–water partition coefficient (Wildman–Crippen LogP) is 1.33. The van der Waals surface area contributed by atoms with Crippen molar-refractivity contribution in [3.05, 3.63) is 62.1 Å². The van der Waals surface area contributed by atoms with Crippen molar-refractivity contribution in [3.63, 3.8) is 0 Å². The minimum Gasteiger partial charge on any atom is -0.475 e. The summed E-state index contributed by atoms with van der Waals surface area (Å²) in [5.74, 6) is 0.211. The molecule has 1 amide bonds. The number of ether oxygens (including phenoxy) is 2. The van der Waals surface area contributed by atoms with Crippen molar-refractivity contribution in [2.75, 3.05) is 20.3 Å². The van der Waals surface area contributed by atoms with Crippen molar-refractivity contribution in [2.24, 2.45) is 0 Å². The molecule has 0 saturated heterocycles. The summed E-state index contributed by atoms with van der Waals surface area (Å²) in [6.45, 7) is 3.02. The summed E-state index contributed by atoms with van der Waals surface area (Å²) in [4.78, 5) is 49.1. The first-order chi connectivity index (χ1) is 15.5. The largest absolute Gasteiger partial charge is 0.475 e. The van der Waals surface area contributed by atoms with Crippen LogP contribution in [0.4, 0.5) is 0 Å². The topological polar surface area (TPSA) is 128 Å². The number of nitrogens with zero attached hydrogens (tertiary/aromatic N) is 3. The monoisotopic (exact) mass is 439 g/mol. The average molecular weight is 439 g/mol. The van der Waals surface area contributed by atoms with Gasteiger partial charge in [0.15, 0.2) is 5.65 Å². The van der Waals surface area contributed by atoms with Gasteiger partial charge in [-0.15, -0.1) is 0 Å². The van der Waals surface area contributed by atoms with E-state index in [-0.39, 0.29) is 29.1 Å². The number of pyridine rings is 2. The van der Waals surface area contributed by atoms with E-state index in [1.165, 1.54) is 4.57 Å². The maximum atomic E-state index is 13.2. The molecule has 10 heteroatoms. The molecule has 1 aliphatic carbocycles. The second kappa shape index (κ2) is 9.31. The number of aromatic amines is 1. The fraction of sp³-hybridized carbons (Fsp3) is 0.409. The highest BCUT2D eigenvalue weighted by atomic mass is 16.5. The second-order valence-corrected chi connectivity index (χ2v) is 7.56. The molecule has 1 fully saturated rings. The van der Waals surface area contributed by atoms with Crippen LogP contribution in [0.25, 0.3) is 11.0 Å². The molecule has 0 spiro atoms. The molecule has 0 atom stereocenters. The number of hydrogen-bond acceptors (Lipinski definition) is 7. The summed E-state index contributed by atoms with van der Waals surface area (Å²) in [7, 11) is 1.58. The van der Waals surface area contributed by atoms with E-state index in [0.29, 0.717) is 31.2 Å². The minimum atomic E-state index is -0.625. The van der Waals surface area contributed by atoms with Gasteiger partial charge in [-0.05, 0) is 31.9 Å². The van der Waals surface area contributed by atoms with Gasteiger partial charge in [-0.25, -0.2) is 14.8 Å². The average Bonchev–Trinajstić information content (AvgIpc) is 3.63. The molecule has 1 aliphatic rings. The lowest BCUT2D eigenvalue weighted by atomic mass is 10.1. The molecule has 0 unspecified atom stereocenters. The number of nitrogens with one attached hydrogen (secondary N) is 2. The number of aryl methyl sites for hydroxylation is 1. The van der Waals surface area contributed by atoms with E-state index in [4.69, 9.17) is 9.47 Å². The number of hydrogen-bond donors (Lipinski definition) is 2. The molecule has 1 saturated carbocycles. The van der Waals surface area contributed by atoms with Gasteiger partial charge >= 0.3 is 5.69 Å². The lowest BCUT2D eigenvalue weighted by molar-refractivity contribution is 0.0951. The number of methoxy groups -OCH3 is 1. The fourth-order valence-corrected chi connectivity index (χ4v) is 3.54. The molecule has 0 aliphatic heterocycles. The van der Waals surface area contributed by atoms with Crippen LogP contribution in [-0.4, -0.2) is 45.7 Å². The normalized spacial score (nSPS) is 13.3. The smallest absolute Gasteiger partial charge is 0.329 e. The third-order valence-corrected chi connectivity index (χ3v) is 5.34. The zero-order valence-corrected chi connectivity index (χ0v) is 18.0. The highest BCUT2D eigenvalue weighted by Gasteiger charge is 2.28. The number of H-pyrrole nitrogens is 1. The third-order valence-electron chi connectivity index (χ3n) is 5.34. The van der Waals surface area contributed by atoms with Gasteiger partial charge in [-0.2, -0.15) is 0 Å². The molecule has 3 heterocycles. The maximum absolute atomic E-state index is 13.2. The van der Waals surface area contributed by atoms with Gasteiger partial charge in [0.05, 0.1) is 17.6 Å². The van der Waals surface area contributed by atoms with Crippen LogP contribution in [0.2, 0.25) is 0 Å².